The first-order valence-electron chi connectivity index (χ1n) is 7.85. The Kier molecular flexibility index (Phi) is 6.27. The first-order valence-corrected chi connectivity index (χ1v) is 9.71. The number of halogens is 1. The lowest BCUT2D eigenvalue weighted by molar-refractivity contribution is 0.414. The zero-order chi connectivity index (χ0) is 17.7. The van der Waals surface area contributed by atoms with Crippen LogP contribution in [-0.4, -0.2) is 15.5 Å². The van der Waals surface area contributed by atoms with E-state index in [1.165, 1.54) is 24.8 Å². The van der Waals surface area contributed by atoms with E-state index in [-0.39, 0.29) is 16.5 Å². The van der Waals surface area contributed by atoms with Gasteiger partial charge in [-0.1, -0.05) is 43.6 Å². The standard InChI is InChI=1S/C18H22ClNO3S/c1-4-13-6-7-14(5-2)15(10-13)12-20-24(21,22)16-8-9-18(23-3)17(19)11-16/h6-11,20H,4-5,12H2,1-3H3. The van der Waals surface area contributed by atoms with Crippen LogP contribution >= 0.6 is 11.6 Å². The molecule has 2 aromatic carbocycles. The monoisotopic (exact) mass is 367 g/mol. The average molecular weight is 368 g/mol. The molecule has 1 N–H and O–H groups in total. The minimum atomic E-state index is -3.64. The van der Waals surface area contributed by atoms with Gasteiger partial charge in [0.1, 0.15) is 5.75 Å². The number of methoxy groups -OCH3 is 1. The fourth-order valence-corrected chi connectivity index (χ4v) is 3.83. The summed E-state index contributed by atoms with van der Waals surface area (Å²) in [6.07, 6.45) is 1.77. The van der Waals surface area contributed by atoms with Crippen LogP contribution in [0.3, 0.4) is 0 Å². The second kappa shape index (κ2) is 8.01. The third-order valence-corrected chi connectivity index (χ3v) is 5.64. The van der Waals surface area contributed by atoms with Crippen LogP contribution in [0.5, 0.6) is 5.75 Å². The highest BCUT2D eigenvalue weighted by atomic mass is 35.5. The Morgan fingerprint density at radius 1 is 1.04 bits per heavy atom. The molecule has 6 heteroatoms. The van der Waals surface area contributed by atoms with Crippen LogP contribution in [0.25, 0.3) is 0 Å². The maximum absolute atomic E-state index is 12.5. The lowest BCUT2D eigenvalue weighted by Gasteiger charge is -2.12. The molecule has 0 aromatic heterocycles. The topological polar surface area (TPSA) is 55.4 Å². The van der Waals surface area contributed by atoms with Gasteiger partial charge in [0.25, 0.3) is 0 Å². The van der Waals surface area contributed by atoms with Crippen molar-refractivity contribution in [1.29, 1.82) is 0 Å². The van der Waals surface area contributed by atoms with E-state index in [0.29, 0.717) is 5.75 Å². The minimum absolute atomic E-state index is 0.123. The summed E-state index contributed by atoms with van der Waals surface area (Å²) in [5.74, 6) is 0.444. The smallest absolute Gasteiger partial charge is 0.240 e. The molecule has 0 aliphatic rings. The van der Waals surface area contributed by atoms with Gasteiger partial charge in [-0.15, -0.1) is 0 Å². The van der Waals surface area contributed by atoms with E-state index in [1.807, 2.05) is 0 Å². The van der Waals surface area contributed by atoms with Crippen LogP contribution in [-0.2, 0) is 29.4 Å². The van der Waals surface area contributed by atoms with Crippen molar-refractivity contribution in [2.45, 2.75) is 38.1 Å². The van der Waals surface area contributed by atoms with E-state index in [1.54, 1.807) is 6.07 Å². The summed E-state index contributed by atoms with van der Waals surface area (Å²) in [6.45, 7) is 4.39. The molecule has 0 heterocycles. The van der Waals surface area contributed by atoms with Crippen LogP contribution in [0.15, 0.2) is 41.3 Å². The molecule has 24 heavy (non-hydrogen) atoms. The summed E-state index contributed by atoms with van der Waals surface area (Å²) in [5, 5.41) is 0.266. The normalized spacial score (nSPS) is 11.5. The van der Waals surface area contributed by atoms with Gasteiger partial charge in [-0.25, -0.2) is 13.1 Å². The molecule has 0 radical (unpaired) electrons. The number of benzene rings is 2. The maximum atomic E-state index is 12.5. The average Bonchev–Trinajstić information content (AvgIpc) is 2.59. The molecule has 130 valence electrons. The Morgan fingerprint density at radius 3 is 2.38 bits per heavy atom. The lowest BCUT2D eigenvalue weighted by atomic mass is 10.0. The van der Waals surface area contributed by atoms with E-state index in [2.05, 4.69) is 36.8 Å². The van der Waals surface area contributed by atoms with Crippen molar-refractivity contribution < 1.29 is 13.2 Å². The molecule has 0 spiro atoms. The van der Waals surface area contributed by atoms with Crippen LogP contribution in [0.2, 0.25) is 5.02 Å². The Hall–Kier alpha value is -1.56. The molecule has 0 atom stereocenters. The van der Waals surface area contributed by atoms with E-state index in [4.69, 9.17) is 16.3 Å². The van der Waals surface area contributed by atoms with Crippen molar-refractivity contribution in [2.75, 3.05) is 7.11 Å². The van der Waals surface area contributed by atoms with Gasteiger partial charge in [0, 0.05) is 6.54 Å². The predicted octanol–water partition coefficient (Wildman–Crippen LogP) is 3.95. The molecule has 0 amide bonds. The number of hydrogen-bond acceptors (Lipinski definition) is 3. The number of ether oxygens (including phenoxy) is 1. The largest absolute Gasteiger partial charge is 0.495 e. The Balaban J connectivity index is 2.23. The van der Waals surface area contributed by atoms with Crippen molar-refractivity contribution in [3.05, 3.63) is 58.1 Å². The number of rotatable bonds is 7. The third kappa shape index (κ3) is 4.29. The summed E-state index contributed by atoms with van der Waals surface area (Å²) in [7, 11) is -2.15. The fourth-order valence-electron chi connectivity index (χ4n) is 2.48. The van der Waals surface area contributed by atoms with Gasteiger partial charge in [-0.2, -0.15) is 0 Å². The van der Waals surface area contributed by atoms with Gasteiger partial charge in [0.2, 0.25) is 10.0 Å². The highest BCUT2D eigenvalue weighted by Gasteiger charge is 2.16. The van der Waals surface area contributed by atoms with E-state index in [0.717, 1.165) is 24.0 Å². The van der Waals surface area contributed by atoms with Crippen LogP contribution in [0, 0.1) is 0 Å². The molecule has 2 rings (SSSR count). The molecule has 2 aromatic rings. The summed E-state index contributed by atoms with van der Waals surface area (Å²) >= 11 is 6.02. The number of hydrogen-bond donors (Lipinski definition) is 1. The second-order valence-electron chi connectivity index (χ2n) is 5.43. The quantitative estimate of drug-likeness (QED) is 0.806. The molecule has 0 bridgehead atoms. The minimum Gasteiger partial charge on any atom is -0.495 e. The van der Waals surface area contributed by atoms with Gasteiger partial charge >= 0.3 is 0 Å². The number of nitrogens with one attached hydrogen (secondary N) is 1. The Bertz CT molecular complexity index is 819. The third-order valence-electron chi connectivity index (χ3n) is 3.95. The van der Waals surface area contributed by atoms with Gasteiger partial charge in [-0.3, -0.25) is 0 Å². The van der Waals surface area contributed by atoms with E-state index < -0.39 is 10.0 Å². The van der Waals surface area contributed by atoms with Crippen LogP contribution in [0.4, 0.5) is 0 Å². The van der Waals surface area contributed by atoms with Crippen molar-refractivity contribution >= 4 is 21.6 Å². The number of aryl methyl sites for hydroxylation is 2. The number of sulfonamides is 1. The van der Waals surface area contributed by atoms with Crippen molar-refractivity contribution in [3.8, 4) is 5.75 Å². The van der Waals surface area contributed by atoms with Crippen molar-refractivity contribution in [1.82, 2.24) is 4.72 Å². The van der Waals surface area contributed by atoms with Crippen LogP contribution in [0.1, 0.15) is 30.5 Å². The Morgan fingerprint density at radius 2 is 1.79 bits per heavy atom. The molecule has 4 nitrogen and oxygen atoms in total. The van der Waals surface area contributed by atoms with Gasteiger partial charge in [-0.05, 0) is 47.7 Å². The summed E-state index contributed by atoms with van der Waals surface area (Å²) < 4.78 is 32.7. The molecule has 0 saturated heterocycles. The molecule has 0 saturated carbocycles. The zero-order valence-electron chi connectivity index (χ0n) is 14.1. The highest BCUT2D eigenvalue weighted by molar-refractivity contribution is 7.89. The van der Waals surface area contributed by atoms with Crippen molar-refractivity contribution in [3.63, 3.8) is 0 Å². The second-order valence-corrected chi connectivity index (χ2v) is 7.61. The summed E-state index contributed by atoms with van der Waals surface area (Å²) in [6, 6.07) is 10.6. The van der Waals surface area contributed by atoms with Crippen molar-refractivity contribution in [2.24, 2.45) is 0 Å². The molecule has 0 aliphatic carbocycles. The molecular formula is C18H22ClNO3S. The lowest BCUT2D eigenvalue weighted by Crippen LogP contribution is -2.24. The first kappa shape index (κ1) is 18.8. The van der Waals surface area contributed by atoms with Crippen LogP contribution < -0.4 is 9.46 Å². The summed E-state index contributed by atoms with van der Waals surface area (Å²) in [4.78, 5) is 0.123. The van der Waals surface area contributed by atoms with E-state index in [9.17, 15) is 8.42 Å². The summed E-state index contributed by atoms with van der Waals surface area (Å²) in [5.41, 5.74) is 3.33. The fraction of sp³-hybridized carbons (Fsp3) is 0.333. The predicted molar refractivity (Wildman–Crippen MR) is 97.2 cm³/mol. The van der Waals surface area contributed by atoms with Gasteiger partial charge in [0.15, 0.2) is 0 Å². The SMILES string of the molecule is CCc1ccc(CC)c(CNS(=O)(=O)c2ccc(OC)c(Cl)c2)c1. The molecule has 0 aliphatic heterocycles. The van der Waals surface area contributed by atoms with E-state index >= 15 is 0 Å². The maximum Gasteiger partial charge on any atom is 0.240 e. The first-order chi connectivity index (χ1) is 11.4. The molecular weight excluding hydrogens is 346 g/mol. The zero-order valence-corrected chi connectivity index (χ0v) is 15.7. The molecule has 0 fully saturated rings. The van der Waals surface area contributed by atoms with Gasteiger partial charge in [0.05, 0.1) is 17.0 Å². The Labute approximate surface area is 148 Å². The van der Waals surface area contributed by atoms with Gasteiger partial charge < -0.3 is 4.74 Å². The highest BCUT2D eigenvalue weighted by Crippen LogP contribution is 2.27. The molecule has 0 unspecified atom stereocenters.